The van der Waals surface area contributed by atoms with E-state index in [0.717, 1.165) is 68.7 Å². The van der Waals surface area contributed by atoms with Gasteiger partial charge in [0.25, 0.3) is 5.56 Å². The molecule has 6 heterocycles. The Labute approximate surface area is 180 Å². The Morgan fingerprint density at radius 3 is 2.90 bits per heavy atom. The summed E-state index contributed by atoms with van der Waals surface area (Å²) < 4.78 is 7.78. The highest BCUT2D eigenvalue weighted by atomic mass is 32.2. The summed E-state index contributed by atoms with van der Waals surface area (Å²) in [6.45, 7) is 5.11. The molecule has 0 aliphatic carbocycles. The minimum Gasteiger partial charge on any atom is -0.375 e. The summed E-state index contributed by atoms with van der Waals surface area (Å²) in [5.74, 6) is 1.63. The molecular weight excluding hydrogens is 398 g/mol. The molecule has 3 saturated heterocycles. The first kappa shape index (κ1) is 18.8. The van der Waals surface area contributed by atoms with Gasteiger partial charge in [-0.15, -0.1) is 11.8 Å². The normalized spacial score (nSPS) is 30.0. The van der Waals surface area contributed by atoms with Crippen LogP contribution in [0.3, 0.4) is 0 Å². The van der Waals surface area contributed by atoms with E-state index in [1.54, 1.807) is 11.8 Å². The number of ether oxygens (including phenoxy) is 1. The third-order valence-electron chi connectivity index (χ3n) is 7.18. The fourth-order valence-corrected chi connectivity index (χ4v) is 6.13. The molecule has 7 nitrogen and oxygen atoms in total. The Morgan fingerprint density at radius 1 is 1.17 bits per heavy atom. The molecule has 158 valence electrons. The van der Waals surface area contributed by atoms with Crippen LogP contribution in [0.4, 0.5) is 5.95 Å². The highest BCUT2D eigenvalue weighted by molar-refractivity contribution is 7.98. The van der Waals surface area contributed by atoms with Crippen LogP contribution in [0.25, 0.3) is 0 Å². The SMILES string of the molecule is CSc1ccnc(N2C[C@@H]3C[C@H](C2)c2ccc(CN4C[C@@H]5C[C@H]4CO5)c(=O)n2C3)n1. The van der Waals surface area contributed by atoms with Gasteiger partial charge in [-0.1, -0.05) is 6.07 Å². The van der Waals surface area contributed by atoms with Crippen molar-refractivity contribution in [2.75, 3.05) is 37.4 Å². The molecule has 0 amide bonds. The van der Waals surface area contributed by atoms with Gasteiger partial charge in [0.2, 0.25) is 5.95 Å². The van der Waals surface area contributed by atoms with Crippen LogP contribution in [0.15, 0.2) is 34.2 Å². The molecule has 0 saturated carbocycles. The second kappa shape index (κ2) is 7.35. The molecule has 4 atom stereocenters. The largest absolute Gasteiger partial charge is 0.375 e. The lowest BCUT2D eigenvalue weighted by molar-refractivity contribution is 0.0271. The number of anilines is 1. The van der Waals surface area contributed by atoms with Crippen molar-refractivity contribution in [2.24, 2.45) is 5.92 Å². The molecule has 30 heavy (non-hydrogen) atoms. The number of pyridine rings is 1. The maximum atomic E-state index is 13.3. The Hall–Kier alpha value is -1.90. The molecule has 2 aromatic rings. The van der Waals surface area contributed by atoms with E-state index < -0.39 is 0 Å². The van der Waals surface area contributed by atoms with E-state index in [1.807, 2.05) is 18.5 Å². The van der Waals surface area contributed by atoms with Crippen LogP contribution in [-0.4, -0.2) is 64.1 Å². The van der Waals surface area contributed by atoms with Gasteiger partial charge >= 0.3 is 0 Å². The van der Waals surface area contributed by atoms with Crippen LogP contribution in [0.1, 0.15) is 30.0 Å². The van der Waals surface area contributed by atoms with E-state index in [4.69, 9.17) is 9.72 Å². The summed E-state index contributed by atoms with van der Waals surface area (Å²) in [4.78, 5) is 27.3. The number of piperidine rings is 1. The van der Waals surface area contributed by atoms with E-state index in [-0.39, 0.29) is 5.56 Å². The fourth-order valence-electron chi connectivity index (χ4n) is 5.76. The second-order valence-corrected chi connectivity index (χ2v) is 9.90. The standard InChI is InChI=1S/C22H27N5O2S/c1-30-20-4-5-23-22(24-20)26-8-14-6-16(11-26)19-3-2-15(21(28)27(19)9-14)10-25-12-18-7-17(25)13-29-18/h2-5,14,16-18H,6-13H2,1H3/t14-,16+,17-,18-/m0/s1. The monoisotopic (exact) mass is 425 g/mol. The molecule has 4 bridgehead atoms. The summed E-state index contributed by atoms with van der Waals surface area (Å²) in [6.07, 6.45) is 6.51. The molecule has 3 fully saturated rings. The molecule has 0 radical (unpaired) electrons. The molecule has 4 aliphatic rings. The van der Waals surface area contributed by atoms with E-state index >= 15 is 0 Å². The van der Waals surface area contributed by atoms with Crippen molar-refractivity contribution < 1.29 is 4.74 Å². The zero-order valence-electron chi connectivity index (χ0n) is 17.2. The van der Waals surface area contributed by atoms with Crippen LogP contribution in [0.5, 0.6) is 0 Å². The first-order valence-corrected chi connectivity index (χ1v) is 12.1. The zero-order valence-corrected chi connectivity index (χ0v) is 18.1. The lowest BCUT2D eigenvalue weighted by atomic mass is 9.83. The van der Waals surface area contributed by atoms with Gasteiger partial charge < -0.3 is 14.2 Å². The average Bonchev–Trinajstić information content (AvgIpc) is 3.39. The van der Waals surface area contributed by atoms with Gasteiger partial charge in [0.1, 0.15) is 5.03 Å². The molecule has 0 unspecified atom stereocenters. The van der Waals surface area contributed by atoms with Crippen molar-refractivity contribution in [3.05, 3.63) is 46.0 Å². The van der Waals surface area contributed by atoms with Gasteiger partial charge in [-0.05, 0) is 37.1 Å². The predicted octanol–water partition coefficient (Wildman–Crippen LogP) is 1.96. The molecule has 2 aromatic heterocycles. The van der Waals surface area contributed by atoms with E-state index in [0.29, 0.717) is 24.0 Å². The van der Waals surface area contributed by atoms with Gasteiger partial charge in [-0.2, -0.15) is 0 Å². The summed E-state index contributed by atoms with van der Waals surface area (Å²) in [5, 5.41) is 0.998. The van der Waals surface area contributed by atoms with Crippen LogP contribution in [0.2, 0.25) is 0 Å². The Balaban J connectivity index is 1.25. The number of aromatic nitrogens is 3. The average molecular weight is 426 g/mol. The number of hydrogen-bond acceptors (Lipinski definition) is 7. The highest BCUT2D eigenvalue weighted by Crippen LogP contribution is 2.37. The molecule has 4 aliphatic heterocycles. The lowest BCUT2D eigenvalue weighted by Gasteiger charge is -2.43. The van der Waals surface area contributed by atoms with E-state index in [9.17, 15) is 4.79 Å². The number of likely N-dealkylation sites (tertiary alicyclic amines) is 1. The molecule has 6 rings (SSSR count). The van der Waals surface area contributed by atoms with Crippen LogP contribution < -0.4 is 10.5 Å². The maximum Gasteiger partial charge on any atom is 0.255 e. The first-order valence-electron chi connectivity index (χ1n) is 10.9. The number of thioether (sulfide) groups is 1. The van der Waals surface area contributed by atoms with Gasteiger partial charge in [0.15, 0.2) is 0 Å². The maximum absolute atomic E-state index is 13.3. The Kier molecular flexibility index (Phi) is 4.62. The van der Waals surface area contributed by atoms with E-state index in [2.05, 4.69) is 31.5 Å². The Bertz CT molecular complexity index is 1030. The van der Waals surface area contributed by atoms with Crippen molar-refractivity contribution in [3.8, 4) is 0 Å². The first-order chi connectivity index (χ1) is 14.7. The third-order valence-corrected chi connectivity index (χ3v) is 7.83. The van der Waals surface area contributed by atoms with Crippen LogP contribution in [-0.2, 0) is 17.8 Å². The fraction of sp³-hybridized carbons (Fsp3) is 0.591. The molecule has 0 aromatic carbocycles. The van der Waals surface area contributed by atoms with Gasteiger partial charge in [-0.25, -0.2) is 9.97 Å². The number of nitrogens with zero attached hydrogens (tertiary/aromatic N) is 5. The summed E-state index contributed by atoms with van der Waals surface area (Å²) in [5.41, 5.74) is 2.32. The second-order valence-electron chi connectivity index (χ2n) is 9.08. The van der Waals surface area contributed by atoms with Gasteiger partial charge in [0, 0.05) is 62.1 Å². The van der Waals surface area contributed by atoms with Crippen molar-refractivity contribution >= 4 is 17.7 Å². The molecular formula is C22H27N5O2S. The van der Waals surface area contributed by atoms with Crippen molar-refractivity contribution in [1.82, 2.24) is 19.4 Å². The third kappa shape index (κ3) is 3.16. The minimum atomic E-state index is 0.208. The number of fused-ring (bicyclic) bond motifs is 6. The van der Waals surface area contributed by atoms with Crippen molar-refractivity contribution in [2.45, 2.75) is 49.0 Å². The molecule has 0 N–H and O–H groups in total. The van der Waals surface area contributed by atoms with Gasteiger partial charge in [0.05, 0.1) is 12.7 Å². The number of hydrogen-bond donors (Lipinski definition) is 0. The molecule has 8 heteroatoms. The van der Waals surface area contributed by atoms with Crippen LogP contribution in [0, 0.1) is 5.92 Å². The number of morpholine rings is 1. The molecule has 0 spiro atoms. The minimum absolute atomic E-state index is 0.208. The summed E-state index contributed by atoms with van der Waals surface area (Å²) in [6, 6.07) is 6.71. The van der Waals surface area contributed by atoms with Crippen LogP contribution >= 0.6 is 11.8 Å². The highest BCUT2D eigenvalue weighted by Gasteiger charge is 2.40. The zero-order chi connectivity index (χ0) is 20.2. The number of rotatable bonds is 4. The summed E-state index contributed by atoms with van der Waals surface area (Å²) in [7, 11) is 0. The predicted molar refractivity (Wildman–Crippen MR) is 116 cm³/mol. The smallest absolute Gasteiger partial charge is 0.255 e. The Morgan fingerprint density at radius 2 is 2.10 bits per heavy atom. The quantitative estimate of drug-likeness (QED) is 0.548. The summed E-state index contributed by atoms with van der Waals surface area (Å²) >= 11 is 1.64. The van der Waals surface area contributed by atoms with Gasteiger partial charge in [-0.3, -0.25) is 9.69 Å². The van der Waals surface area contributed by atoms with Crippen molar-refractivity contribution in [3.63, 3.8) is 0 Å². The topological polar surface area (TPSA) is 63.5 Å². The van der Waals surface area contributed by atoms with Crippen molar-refractivity contribution in [1.29, 1.82) is 0 Å². The lowest BCUT2D eigenvalue weighted by Crippen LogP contribution is -2.48. The van der Waals surface area contributed by atoms with E-state index in [1.165, 1.54) is 5.69 Å².